The Morgan fingerprint density at radius 3 is 1.00 bits per heavy atom. The number of epoxide rings is 3. The lowest BCUT2D eigenvalue weighted by atomic mass is 9.71. The highest BCUT2D eigenvalue weighted by Crippen LogP contribution is 2.66. The maximum atomic E-state index is 5.61. The highest BCUT2D eigenvalue weighted by molar-refractivity contribution is 5.27. The van der Waals surface area contributed by atoms with Crippen LogP contribution in [0.5, 0.6) is 0 Å². The fourth-order valence-electron chi connectivity index (χ4n) is 3.39. The number of ether oxygens (including phenoxy) is 3. The molecule has 6 aliphatic rings. The SMILES string of the molecule is O1C2C1C1C3OC3C2C2OC21. The minimum atomic E-state index is 0.521. The van der Waals surface area contributed by atoms with Crippen LogP contribution in [0.2, 0.25) is 0 Å². The average Bonchev–Trinajstić information content (AvgIpc) is 2.79. The molecular weight excluding hydrogens is 144 g/mol. The largest absolute Gasteiger partial charge is 0.369 e. The summed E-state index contributed by atoms with van der Waals surface area (Å²) in [7, 11) is 0. The number of rotatable bonds is 0. The van der Waals surface area contributed by atoms with Crippen molar-refractivity contribution in [2.24, 2.45) is 11.8 Å². The van der Waals surface area contributed by atoms with Gasteiger partial charge >= 0.3 is 0 Å². The average molecular weight is 152 g/mol. The van der Waals surface area contributed by atoms with Crippen molar-refractivity contribution >= 4 is 0 Å². The molecule has 0 aromatic rings. The quantitative estimate of drug-likeness (QED) is 0.441. The standard InChI is InChI=1S/C8H8O3/c9-3-1-4-7(10-4)2(6(3)9)8-5(1)11-8/h1-8H. The van der Waals surface area contributed by atoms with Gasteiger partial charge in [0.05, 0.1) is 36.6 Å². The topological polar surface area (TPSA) is 37.6 Å². The summed E-state index contributed by atoms with van der Waals surface area (Å²) < 4.78 is 16.8. The summed E-state index contributed by atoms with van der Waals surface area (Å²) in [4.78, 5) is 0. The van der Waals surface area contributed by atoms with Crippen LogP contribution >= 0.6 is 0 Å². The van der Waals surface area contributed by atoms with Crippen LogP contribution in [0.25, 0.3) is 0 Å². The lowest BCUT2D eigenvalue weighted by Crippen LogP contribution is -2.44. The Kier molecular flexibility index (Phi) is 0.470. The second-order valence-electron chi connectivity index (χ2n) is 4.35. The molecule has 2 bridgehead atoms. The molecule has 58 valence electrons. The third-order valence-corrected chi connectivity index (χ3v) is 3.96. The van der Waals surface area contributed by atoms with E-state index in [0.29, 0.717) is 48.5 Å². The number of hydrogen-bond donors (Lipinski definition) is 0. The Labute approximate surface area is 63.6 Å². The lowest BCUT2D eigenvalue weighted by molar-refractivity contribution is 0.183. The molecule has 3 aliphatic carbocycles. The molecular formula is C8H8O3. The Morgan fingerprint density at radius 2 is 0.727 bits per heavy atom. The van der Waals surface area contributed by atoms with Gasteiger partial charge in [0.2, 0.25) is 0 Å². The molecule has 3 saturated heterocycles. The van der Waals surface area contributed by atoms with Crippen molar-refractivity contribution in [3.05, 3.63) is 0 Å². The number of hydrogen-bond acceptors (Lipinski definition) is 3. The molecule has 0 radical (unpaired) electrons. The van der Waals surface area contributed by atoms with Crippen LogP contribution in [-0.2, 0) is 14.2 Å². The van der Waals surface area contributed by atoms with E-state index in [0.717, 1.165) is 0 Å². The Morgan fingerprint density at radius 1 is 0.455 bits per heavy atom. The summed E-state index contributed by atoms with van der Waals surface area (Å²) >= 11 is 0. The molecule has 0 amide bonds. The summed E-state index contributed by atoms with van der Waals surface area (Å²) in [5, 5.41) is 0. The van der Waals surface area contributed by atoms with E-state index in [2.05, 4.69) is 0 Å². The molecule has 0 spiro atoms. The summed E-state index contributed by atoms with van der Waals surface area (Å²) in [5.74, 6) is 1.22. The van der Waals surface area contributed by atoms with Gasteiger partial charge in [-0.25, -0.2) is 0 Å². The minimum Gasteiger partial charge on any atom is -0.369 e. The van der Waals surface area contributed by atoms with Crippen LogP contribution in [0.3, 0.4) is 0 Å². The molecule has 6 unspecified atom stereocenters. The van der Waals surface area contributed by atoms with Gasteiger partial charge < -0.3 is 14.2 Å². The molecule has 11 heavy (non-hydrogen) atoms. The maximum Gasteiger partial charge on any atom is 0.0926 e. The third-order valence-electron chi connectivity index (χ3n) is 3.96. The molecule has 3 nitrogen and oxygen atoms in total. The van der Waals surface area contributed by atoms with E-state index >= 15 is 0 Å². The van der Waals surface area contributed by atoms with Crippen molar-refractivity contribution in [3.63, 3.8) is 0 Å². The van der Waals surface area contributed by atoms with Crippen molar-refractivity contribution in [1.82, 2.24) is 0 Å². The molecule has 3 saturated carbocycles. The van der Waals surface area contributed by atoms with E-state index in [1.807, 2.05) is 0 Å². The van der Waals surface area contributed by atoms with E-state index < -0.39 is 0 Å². The second kappa shape index (κ2) is 1.08. The predicted molar refractivity (Wildman–Crippen MR) is 33.0 cm³/mol. The summed E-state index contributed by atoms with van der Waals surface area (Å²) in [6.45, 7) is 0. The van der Waals surface area contributed by atoms with Crippen molar-refractivity contribution in [1.29, 1.82) is 0 Å². The second-order valence-corrected chi connectivity index (χ2v) is 4.35. The van der Waals surface area contributed by atoms with Gasteiger partial charge in [-0.3, -0.25) is 0 Å². The summed E-state index contributed by atoms with van der Waals surface area (Å²) in [6, 6.07) is 0. The van der Waals surface area contributed by atoms with Crippen LogP contribution in [-0.4, -0.2) is 36.6 Å². The molecule has 0 N–H and O–H groups in total. The molecule has 0 aromatic heterocycles. The van der Waals surface area contributed by atoms with Gasteiger partial charge in [-0.05, 0) is 0 Å². The smallest absolute Gasteiger partial charge is 0.0926 e. The van der Waals surface area contributed by atoms with Crippen LogP contribution in [0.1, 0.15) is 0 Å². The van der Waals surface area contributed by atoms with E-state index in [4.69, 9.17) is 14.2 Å². The molecule has 0 aromatic carbocycles. The zero-order valence-corrected chi connectivity index (χ0v) is 5.84. The molecule has 3 heterocycles. The monoisotopic (exact) mass is 152 g/mol. The van der Waals surface area contributed by atoms with Crippen molar-refractivity contribution in [2.75, 3.05) is 0 Å². The molecule has 3 aliphatic heterocycles. The fraction of sp³-hybridized carbons (Fsp3) is 1.00. The Bertz CT molecular complexity index is 199. The molecule has 3 heteroatoms. The minimum absolute atomic E-state index is 0.521. The first-order valence-electron chi connectivity index (χ1n) is 4.41. The van der Waals surface area contributed by atoms with Crippen molar-refractivity contribution in [2.45, 2.75) is 36.6 Å². The van der Waals surface area contributed by atoms with E-state index in [1.165, 1.54) is 0 Å². The van der Waals surface area contributed by atoms with Crippen molar-refractivity contribution < 1.29 is 14.2 Å². The predicted octanol–water partition coefficient (Wildman–Crippen LogP) is -0.452. The first kappa shape index (κ1) is 4.80. The van der Waals surface area contributed by atoms with Gasteiger partial charge in [0, 0.05) is 11.8 Å². The van der Waals surface area contributed by atoms with Gasteiger partial charge in [-0.2, -0.15) is 0 Å². The van der Waals surface area contributed by atoms with Crippen LogP contribution < -0.4 is 0 Å². The first-order valence-corrected chi connectivity index (χ1v) is 4.41. The van der Waals surface area contributed by atoms with E-state index in [1.54, 1.807) is 0 Å². The molecule has 6 fully saturated rings. The molecule has 6 atom stereocenters. The Hall–Kier alpha value is -0.120. The lowest BCUT2D eigenvalue weighted by Gasteiger charge is -2.23. The van der Waals surface area contributed by atoms with Gasteiger partial charge in [0.1, 0.15) is 0 Å². The summed E-state index contributed by atoms with van der Waals surface area (Å²) in [6.07, 6.45) is 3.12. The zero-order valence-electron chi connectivity index (χ0n) is 5.84. The third kappa shape index (κ3) is 0.350. The van der Waals surface area contributed by atoms with Gasteiger partial charge in [-0.15, -0.1) is 0 Å². The van der Waals surface area contributed by atoms with Crippen LogP contribution in [0.15, 0.2) is 0 Å². The maximum absolute atomic E-state index is 5.61. The first-order chi connectivity index (χ1) is 5.45. The zero-order chi connectivity index (χ0) is 6.74. The molecule has 6 rings (SSSR count). The van der Waals surface area contributed by atoms with Gasteiger partial charge in [-0.1, -0.05) is 0 Å². The summed E-state index contributed by atoms with van der Waals surface area (Å²) in [5.41, 5.74) is 0. The van der Waals surface area contributed by atoms with Gasteiger partial charge in [0.15, 0.2) is 0 Å². The van der Waals surface area contributed by atoms with Crippen LogP contribution in [0, 0.1) is 11.8 Å². The fourth-order valence-corrected chi connectivity index (χ4v) is 3.39. The highest BCUT2D eigenvalue weighted by Gasteiger charge is 2.81. The van der Waals surface area contributed by atoms with Crippen LogP contribution in [0.4, 0.5) is 0 Å². The van der Waals surface area contributed by atoms with Gasteiger partial charge in [0.25, 0.3) is 0 Å². The van der Waals surface area contributed by atoms with Crippen molar-refractivity contribution in [3.8, 4) is 0 Å². The normalized spacial score (nSPS) is 85.1. The highest BCUT2D eigenvalue weighted by atomic mass is 16.7. The van der Waals surface area contributed by atoms with E-state index in [9.17, 15) is 0 Å². The van der Waals surface area contributed by atoms with E-state index in [-0.39, 0.29) is 0 Å². The Balaban J connectivity index is 1.77.